The number of ketones is 1. The highest BCUT2D eigenvalue weighted by Gasteiger charge is 2.13. The number of hydrogen-bond acceptors (Lipinski definition) is 5. The molecular weight excluding hydrogens is 435 g/mol. The van der Waals surface area contributed by atoms with Gasteiger partial charge in [-0.05, 0) is 48.5 Å². The molecule has 34 heavy (non-hydrogen) atoms. The van der Waals surface area contributed by atoms with Crippen LogP contribution in [-0.2, 0) is 0 Å². The van der Waals surface area contributed by atoms with Gasteiger partial charge < -0.3 is 10.6 Å². The van der Waals surface area contributed by atoms with Gasteiger partial charge in [-0.3, -0.25) is 14.3 Å². The molecule has 0 aliphatic rings. The maximum atomic E-state index is 13.3. The molecule has 2 N–H and O–H groups in total. The highest BCUT2D eigenvalue weighted by atomic mass is 19.1. The summed E-state index contributed by atoms with van der Waals surface area (Å²) in [6.07, 6.45) is 6.66. The lowest BCUT2D eigenvalue weighted by atomic mass is 10.0. The molecule has 0 unspecified atom stereocenters. The SMILES string of the molecule is O=C(Nc1cccc(F)c1)Nc1cccc(C(=O)c2ccc3ncc(-n4ccnc4)nc3c2)c1. The monoisotopic (exact) mass is 452 g/mol. The molecular formula is C25H17FN6O2. The molecule has 0 radical (unpaired) electrons. The molecule has 0 bridgehead atoms. The normalized spacial score (nSPS) is 10.7. The highest BCUT2D eigenvalue weighted by molar-refractivity contribution is 6.11. The van der Waals surface area contributed by atoms with E-state index in [0.717, 1.165) is 0 Å². The first-order chi connectivity index (χ1) is 16.5. The third-order valence-corrected chi connectivity index (χ3v) is 5.03. The number of fused-ring (bicyclic) bond motifs is 1. The van der Waals surface area contributed by atoms with Crippen LogP contribution in [0.5, 0.6) is 0 Å². The number of nitrogens with one attached hydrogen (secondary N) is 2. The first-order valence-electron chi connectivity index (χ1n) is 10.3. The molecule has 9 heteroatoms. The Morgan fingerprint density at radius 2 is 1.62 bits per heavy atom. The van der Waals surface area contributed by atoms with E-state index in [1.807, 2.05) is 0 Å². The molecule has 0 aliphatic heterocycles. The molecule has 8 nitrogen and oxygen atoms in total. The summed E-state index contributed by atoms with van der Waals surface area (Å²) in [5, 5.41) is 5.21. The summed E-state index contributed by atoms with van der Waals surface area (Å²) in [7, 11) is 0. The van der Waals surface area contributed by atoms with Crippen LogP contribution in [0.2, 0.25) is 0 Å². The fraction of sp³-hybridized carbons (Fsp3) is 0. The van der Waals surface area contributed by atoms with Gasteiger partial charge in [-0.2, -0.15) is 0 Å². The zero-order chi connectivity index (χ0) is 23.5. The lowest BCUT2D eigenvalue weighted by Crippen LogP contribution is -2.19. The smallest absolute Gasteiger partial charge is 0.308 e. The maximum absolute atomic E-state index is 13.3. The Kier molecular flexibility index (Phi) is 5.49. The van der Waals surface area contributed by atoms with Crippen LogP contribution in [0.3, 0.4) is 0 Å². The van der Waals surface area contributed by atoms with Crippen LogP contribution in [0, 0.1) is 5.82 Å². The number of amides is 2. The first kappa shape index (κ1) is 21.0. The molecule has 5 aromatic rings. The molecule has 0 saturated heterocycles. The molecule has 5 rings (SSSR count). The van der Waals surface area contributed by atoms with Crippen molar-refractivity contribution >= 4 is 34.2 Å². The van der Waals surface area contributed by atoms with Crippen LogP contribution < -0.4 is 10.6 Å². The summed E-state index contributed by atoms with van der Waals surface area (Å²) in [5.74, 6) is -0.0985. The third kappa shape index (κ3) is 4.49. The Balaban J connectivity index is 1.36. The van der Waals surface area contributed by atoms with Crippen LogP contribution in [0.15, 0.2) is 91.6 Å². The van der Waals surface area contributed by atoms with E-state index in [0.29, 0.717) is 39.4 Å². The van der Waals surface area contributed by atoms with E-state index < -0.39 is 11.8 Å². The van der Waals surface area contributed by atoms with Gasteiger partial charge in [0.25, 0.3) is 0 Å². The lowest BCUT2D eigenvalue weighted by molar-refractivity contribution is 0.103. The Hall–Kier alpha value is -4.92. The van der Waals surface area contributed by atoms with Crippen molar-refractivity contribution in [3.05, 3.63) is 109 Å². The van der Waals surface area contributed by atoms with Crippen molar-refractivity contribution in [2.45, 2.75) is 0 Å². The largest absolute Gasteiger partial charge is 0.323 e. The lowest BCUT2D eigenvalue weighted by Gasteiger charge is -2.09. The minimum Gasteiger partial charge on any atom is -0.308 e. The van der Waals surface area contributed by atoms with E-state index in [1.54, 1.807) is 78.0 Å². The molecule has 0 aliphatic carbocycles. The topological polar surface area (TPSA) is 102 Å². The summed E-state index contributed by atoms with van der Waals surface area (Å²) in [4.78, 5) is 38.4. The van der Waals surface area contributed by atoms with E-state index in [4.69, 9.17) is 0 Å². The van der Waals surface area contributed by atoms with Gasteiger partial charge in [-0.25, -0.2) is 19.2 Å². The minimum absolute atomic E-state index is 0.231. The van der Waals surface area contributed by atoms with Crippen LogP contribution in [-0.4, -0.2) is 31.3 Å². The molecule has 0 spiro atoms. The van der Waals surface area contributed by atoms with E-state index in [-0.39, 0.29) is 5.78 Å². The molecule has 2 heterocycles. The number of nitrogens with zero attached hydrogens (tertiary/aromatic N) is 4. The standard InChI is InChI=1S/C25H17FN6O2/c26-18-4-2-6-20(13-18)30-25(34)29-19-5-1-3-16(11-19)24(33)17-7-8-21-22(12-17)31-23(14-28-21)32-10-9-27-15-32/h1-15H,(H2,29,30,34). The number of aromatic nitrogens is 4. The molecule has 2 aromatic heterocycles. The quantitative estimate of drug-likeness (QED) is 0.372. The Morgan fingerprint density at radius 3 is 2.38 bits per heavy atom. The van der Waals surface area contributed by atoms with Crippen molar-refractivity contribution < 1.29 is 14.0 Å². The fourth-order valence-corrected chi connectivity index (χ4v) is 3.43. The Bertz CT molecular complexity index is 1520. The van der Waals surface area contributed by atoms with Gasteiger partial charge >= 0.3 is 6.03 Å². The van der Waals surface area contributed by atoms with E-state index in [2.05, 4.69) is 25.6 Å². The average Bonchev–Trinajstić information content (AvgIpc) is 3.38. The van der Waals surface area contributed by atoms with Gasteiger partial charge in [0, 0.05) is 34.9 Å². The van der Waals surface area contributed by atoms with Crippen LogP contribution in [0.1, 0.15) is 15.9 Å². The van der Waals surface area contributed by atoms with E-state index >= 15 is 0 Å². The molecule has 2 amide bonds. The zero-order valence-corrected chi connectivity index (χ0v) is 17.6. The van der Waals surface area contributed by atoms with Gasteiger partial charge in [0.05, 0.1) is 17.2 Å². The second-order valence-electron chi connectivity index (χ2n) is 7.40. The number of halogens is 1. The highest BCUT2D eigenvalue weighted by Crippen LogP contribution is 2.19. The summed E-state index contributed by atoms with van der Waals surface area (Å²) < 4.78 is 15.0. The number of benzene rings is 3. The number of urea groups is 1. The van der Waals surface area contributed by atoms with Crippen LogP contribution in [0.25, 0.3) is 16.9 Å². The number of carbonyl (C=O) groups excluding carboxylic acids is 2. The van der Waals surface area contributed by atoms with Crippen molar-refractivity contribution in [1.29, 1.82) is 0 Å². The summed E-state index contributed by atoms with van der Waals surface area (Å²) in [5.41, 5.74) is 2.79. The van der Waals surface area contributed by atoms with Crippen molar-refractivity contribution in [3.8, 4) is 5.82 Å². The van der Waals surface area contributed by atoms with Gasteiger partial charge in [-0.15, -0.1) is 0 Å². The number of hydrogen-bond donors (Lipinski definition) is 2. The fourth-order valence-electron chi connectivity index (χ4n) is 3.43. The second kappa shape index (κ2) is 8.91. The summed E-state index contributed by atoms with van der Waals surface area (Å²) >= 11 is 0. The molecule has 0 fully saturated rings. The predicted molar refractivity (Wildman–Crippen MR) is 126 cm³/mol. The molecule has 0 saturated carbocycles. The number of rotatable bonds is 5. The average molecular weight is 452 g/mol. The Morgan fingerprint density at radius 1 is 0.853 bits per heavy atom. The van der Waals surface area contributed by atoms with Crippen molar-refractivity contribution in [2.24, 2.45) is 0 Å². The third-order valence-electron chi connectivity index (χ3n) is 5.03. The number of anilines is 2. The minimum atomic E-state index is -0.553. The van der Waals surface area contributed by atoms with Gasteiger partial charge in [0.1, 0.15) is 12.1 Å². The predicted octanol–water partition coefficient (Wildman–Crippen LogP) is 4.83. The zero-order valence-electron chi connectivity index (χ0n) is 17.6. The molecule has 166 valence electrons. The van der Waals surface area contributed by atoms with Crippen molar-refractivity contribution in [2.75, 3.05) is 10.6 Å². The first-order valence-corrected chi connectivity index (χ1v) is 10.3. The van der Waals surface area contributed by atoms with Gasteiger partial charge in [0.2, 0.25) is 0 Å². The summed E-state index contributed by atoms with van der Waals surface area (Å²) in [6.45, 7) is 0. The van der Waals surface area contributed by atoms with Crippen LogP contribution in [0.4, 0.5) is 20.6 Å². The van der Waals surface area contributed by atoms with Crippen molar-refractivity contribution in [3.63, 3.8) is 0 Å². The van der Waals surface area contributed by atoms with Crippen LogP contribution >= 0.6 is 0 Å². The summed E-state index contributed by atoms with van der Waals surface area (Å²) in [6, 6.07) is 16.7. The molecule has 0 atom stereocenters. The van der Waals surface area contributed by atoms with Crippen molar-refractivity contribution in [1.82, 2.24) is 19.5 Å². The number of carbonyl (C=O) groups is 2. The van der Waals surface area contributed by atoms with E-state index in [1.165, 1.54) is 18.2 Å². The number of imidazole rings is 1. The van der Waals surface area contributed by atoms with Gasteiger partial charge in [0.15, 0.2) is 11.6 Å². The molecule has 3 aromatic carbocycles. The second-order valence-corrected chi connectivity index (χ2v) is 7.40. The Labute approximate surface area is 193 Å². The maximum Gasteiger partial charge on any atom is 0.323 e. The van der Waals surface area contributed by atoms with E-state index in [9.17, 15) is 14.0 Å². The van der Waals surface area contributed by atoms with Gasteiger partial charge in [-0.1, -0.05) is 18.2 Å².